The summed E-state index contributed by atoms with van der Waals surface area (Å²) in [5.41, 5.74) is 4.44. The minimum Gasteiger partial charge on any atom is -0.479 e. The van der Waals surface area contributed by atoms with Gasteiger partial charge in [0.05, 0.1) is 5.02 Å². The lowest BCUT2D eigenvalue weighted by atomic mass is 10.3. The molecule has 0 heterocycles. The fourth-order valence-electron chi connectivity index (χ4n) is 1.28. The van der Waals surface area contributed by atoms with Crippen molar-refractivity contribution < 1.29 is 19.1 Å². The van der Waals surface area contributed by atoms with Crippen LogP contribution in [0.4, 0.5) is 0 Å². The van der Waals surface area contributed by atoms with Gasteiger partial charge in [0.25, 0.3) is 11.8 Å². The number of hydrogen-bond donors (Lipinski definition) is 2. The first-order valence-corrected chi connectivity index (χ1v) is 6.97. The molecule has 21 heavy (non-hydrogen) atoms. The zero-order valence-corrected chi connectivity index (χ0v) is 13.1. The van der Waals surface area contributed by atoms with Gasteiger partial charge in [-0.25, -0.2) is 0 Å². The van der Waals surface area contributed by atoms with E-state index in [0.29, 0.717) is 22.4 Å². The van der Waals surface area contributed by atoms with Crippen LogP contribution in [0.3, 0.4) is 0 Å². The number of amides is 2. The monoisotopic (exact) mass is 334 g/mol. The molecule has 2 N–H and O–H groups in total. The molecule has 0 saturated heterocycles. The average Bonchev–Trinajstić information content (AvgIpc) is 2.45. The first-order chi connectivity index (χ1) is 9.93. The molecule has 6 nitrogen and oxygen atoms in total. The highest BCUT2D eigenvalue weighted by Crippen LogP contribution is 2.28. The van der Waals surface area contributed by atoms with Gasteiger partial charge in [0, 0.05) is 11.6 Å². The summed E-state index contributed by atoms with van der Waals surface area (Å²) < 4.78 is 10.3. The predicted molar refractivity (Wildman–Crippen MR) is 79.3 cm³/mol. The van der Waals surface area contributed by atoms with Gasteiger partial charge >= 0.3 is 0 Å². The number of benzene rings is 1. The maximum Gasteiger partial charge on any atom is 0.279 e. The van der Waals surface area contributed by atoms with E-state index in [1.54, 1.807) is 19.1 Å². The molecule has 0 aliphatic rings. The van der Waals surface area contributed by atoms with E-state index >= 15 is 0 Å². The van der Waals surface area contributed by atoms with E-state index in [-0.39, 0.29) is 6.61 Å². The quantitative estimate of drug-likeness (QED) is 0.779. The number of carbonyl (C=O) groups excluding carboxylic acids is 2. The van der Waals surface area contributed by atoms with Crippen LogP contribution in [0.5, 0.6) is 5.75 Å². The van der Waals surface area contributed by atoms with E-state index in [1.807, 2.05) is 0 Å². The molecule has 0 aliphatic heterocycles. The van der Waals surface area contributed by atoms with Crippen molar-refractivity contribution in [2.75, 3.05) is 13.2 Å². The van der Waals surface area contributed by atoms with E-state index in [4.69, 9.17) is 32.7 Å². The molecule has 0 radical (unpaired) electrons. The van der Waals surface area contributed by atoms with Crippen molar-refractivity contribution >= 4 is 35.0 Å². The normalized spacial score (nSPS) is 11.6. The summed E-state index contributed by atoms with van der Waals surface area (Å²) in [4.78, 5) is 23.0. The third kappa shape index (κ3) is 6.20. The molecule has 1 aromatic carbocycles. The Kier molecular flexibility index (Phi) is 7.28. The largest absolute Gasteiger partial charge is 0.479 e. The highest BCUT2D eigenvalue weighted by Gasteiger charge is 2.16. The Morgan fingerprint density at radius 1 is 1.29 bits per heavy atom. The van der Waals surface area contributed by atoms with Crippen LogP contribution in [0.1, 0.15) is 13.8 Å². The molecule has 2 amide bonds. The highest BCUT2D eigenvalue weighted by molar-refractivity contribution is 6.35. The standard InChI is InChI=1S/C13H16Cl2N2O4/c1-3-20-7-12(18)16-17-13(19)8(2)21-11-5-4-9(14)6-10(11)15/h4-6,8H,3,7H2,1-2H3,(H,16,18)(H,17,19). The maximum absolute atomic E-state index is 11.7. The number of carbonyl (C=O) groups is 2. The van der Waals surface area contributed by atoms with Crippen LogP contribution in [0.15, 0.2) is 18.2 Å². The second kappa shape index (κ2) is 8.71. The molecular weight excluding hydrogens is 319 g/mol. The van der Waals surface area contributed by atoms with Crippen LogP contribution in [0.2, 0.25) is 10.0 Å². The minimum atomic E-state index is -0.851. The van der Waals surface area contributed by atoms with Crippen molar-refractivity contribution in [3.63, 3.8) is 0 Å². The molecule has 0 bridgehead atoms. The Morgan fingerprint density at radius 3 is 2.62 bits per heavy atom. The first kappa shape index (κ1) is 17.6. The van der Waals surface area contributed by atoms with Crippen LogP contribution in [-0.4, -0.2) is 31.1 Å². The van der Waals surface area contributed by atoms with Crippen molar-refractivity contribution in [3.8, 4) is 5.75 Å². The van der Waals surface area contributed by atoms with Crippen molar-refractivity contribution in [2.45, 2.75) is 20.0 Å². The van der Waals surface area contributed by atoms with Gasteiger partial charge in [-0.15, -0.1) is 0 Å². The smallest absolute Gasteiger partial charge is 0.279 e. The zero-order chi connectivity index (χ0) is 15.8. The van der Waals surface area contributed by atoms with Gasteiger partial charge in [-0.05, 0) is 32.0 Å². The minimum absolute atomic E-state index is 0.130. The number of halogens is 2. The molecule has 0 spiro atoms. The van der Waals surface area contributed by atoms with Gasteiger partial charge in [0.15, 0.2) is 6.10 Å². The Bertz CT molecular complexity index is 511. The van der Waals surface area contributed by atoms with Gasteiger partial charge in [-0.2, -0.15) is 0 Å². The molecule has 1 rings (SSSR count). The molecule has 0 aromatic heterocycles. The summed E-state index contributed by atoms with van der Waals surface area (Å²) in [6, 6.07) is 4.66. The fraction of sp³-hybridized carbons (Fsp3) is 0.385. The second-order valence-electron chi connectivity index (χ2n) is 4.01. The lowest BCUT2D eigenvalue weighted by molar-refractivity contribution is -0.134. The van der Waals surface area contributed by atoms with Gasteiger partial charge in [-0.1, -0.05) is 23.2 Å². The first-order valence-electron chi connectivity index (χ1n) is 6.22. The van der Waals surface area contributed by atoms with Crippen LogP contribution in [-0.2, 0) is 14.3 Å². The summed E-state index contributed by atoms with van der Waals surface area (Å²) >= 11 is 11.7. The van der Waals surface area contributed by atoms with Crippen LogP contribution in [0, 0.1) is 0 Å². The number of hydrogen-bond acceptors (Lipinski definition) is 4. The molecule has 1 aromatic rings. The summed E-state index contributed by atoms with van der Waals surface area (Å²) in [6.45, 7) is 3.57. The molecule has 1 unspecified atom stereocenters. The Labute approximate surface area is 132 Å². The van der Waals surface area contributed by atoms with Crippen LogP contribution in [0.25, 0.3) is 0 Å². The Hall–Kier alpha value is -1.50. The van der Waals surface area contributed by atoms with Crippen molar-refractivity contribution in [3.05, 3.63) is 28.2 Å². The molecular formula is C13H16Cl2N2O4. The van der Waals surface area contributed by atoms with E-state index in [9.17, 15) is 9.59 Å². The molecule has 116 valence electrons. The lowest BCUT2D eigenvalue weighted by Crippen LogP contribution is -2.48. The van der Waals surface area contributed by atoms with Gasteiger partial charge in [0.1, 0.15) is 12.4 Å². The van der Waals surface area contributed by atoms with E-state index in [0.717, 1.165) is 0 Å². The van der Waals surface area contributed by atoms with E-state index < -0.39 is 17.9 Å². The topological polar surface area (TPSA) is 76.7 Å². The summed E-state index contributed by atoms with van der Waals surface area (Å²) in [6.07, 6.45) is -0.851. The van der Waals surface area contributed by atoms with Gasteiger partial charge in [0.2, 0.25) is 0 Å². The number of hydrazine groups is 1. The molecule has 0 saturated carbocycles. The Morgan fingerprint density at radius 2 is 2.00 bits per heavy atom. The average molecular weight is 335 g/mol. The maximum atomic E-state index is 11.7. The van der Waals surface area contributed by atoms with Crippen LogP contribution >= 0.6 is 23.2 Å². The molecule has 1 atom stereocenters. The van der Waals surface area contributed by atoms with E-state index in [1.165, 1.54) is 13.0 Å². The van der Waals surface area contributed by atoms with Gasteiger partial charge < -0.3 is 9.47 Å². The highest BCUT2D eigenvalue weighted by atomic mass is 35.5. The summed E-state index contributed by atoms with van der Waals surface area (Å²) in [7, 11) is 0. The van der Waals surface area contributed by atoms with E-state index in [2.05, 4.69) is 10.9 Å². The number of nitrogens with one attached hydrogen (secondary N) is 2. The van der Waals surface area contributed by atoms with Crippen LogP contribution < -0.4 is 15.6 Å². The predicted octanol–water partition coefficient (Wildman–Crippen LogP) is 1.94. The Balaban J connectivity index is 2.45. The molecule has 0 aliphatic carbocycles. The third-order valence-electron chi connectivity index (χ3n) is 2.33. The number of ether oxygens (including phenoxy) is 2. The molecule has 0 fully saturated rings. The summed E-state index contributed by atoms with van der Waals surface area (Å²) in [5, 5.41) is 0.759. The second-order valence-corrected chi connectivity index (χ2v) is 4.85. The zero-order valence-electron chi connectivity index (χ0n) is 11.6. The summed E-state index contributed by atoms with van der Waals surface area (Å²) in [5.74, 6) is -0.655. The third-order valence-corrected chi connectivity index (χ3v) is 2.86. The van der Waals surface area contributed by atoms with Crippen molar-refractivity contribution in [1.29, 1.82) is 0 Å². The molecule has 8 heteroatoms. The van der Waals surface area contributed by atoms with Crippen molar-refractivity contribution in [2.24, 2.45) is 0 Å². The van der Waals surface area contributed by atoms with Crippen molar-refractivity contribution in [1.82, 2.24) is 10.9 Å². The lowest BCUT2D eigenvalue weighted by Gasteiger charge is -2.16. The van der Waals surface area contributed by atoms with Gasteiger partial charge in [-0.3, -0.25) is 20.4 Å². The SMILES string of the molecule is CCOCC(=O)NNC(=O)C(C)Oc1ccc(Cl)cc1Cl. The fourth-order valence-corrected chi connectivity index (χ4v) is 1.73. The number of rotatable bonds is 6.